The summed E-state index contributed by atoms with van der Waals surface area (Å²) < 4.78 is 0. The van der Waals surface area contributed by atoms with E-state index in [-0.39, 0.29) is 0 Å². The van der Waals surface area contributed by atoms with E-state index in [0.29, 0.717) is 0 Å². The predicted octanol–water partition coefficient (Wildman–Crippen LogP) is 2.93. The zero-order chi connectivity index (χ0) is 9.84. The molecule has 0 saturated heterocycles. The summed E-state index contributed by atoms with van der Waals surface area (Å²) in [5.41, 5.74) is 3.94. The van der Waals surface area contributed by atoms with Crippen LogP contribution in [-0.2, 0) is 0 Å². The maximum Gasteiger partial charge on any atom is 0.0369 e. The summed E-state index contributed by atoms with van der Waals surface area (Å²) in [7, 11) is 2.08. The molecule has 0 heterocycles. The summed E-state index contributed by atoms with van der Waals surface area (Å²) in [6, 6.07) is 6.51. The monoisotopic (exact) mass is 175 g/mol. The summed E-state index contributed by atoms with van der Waals surface area (Å²) >= 11 is 0. The van der Waals surface area contributed by atoms with Crippen LogP contribution >= 0.6 is 0 Å². The van der Waals surface area contributed by atoms with Crippen LogP contribution in [0.25, 0.3) is 0 Å². The van der Waals surface area contributed by atoms with Crippen LogP contribution in [0.5, 0.6) is 0 Å². The van der Waals surface area contributed by atoms with Gasteiger partial charge >= 0.3 is 0 Å². The van der Waals surface area contributed by atoms with Crippen molar-refractivity contribution in [2.24, 2.45) is 0 Å². The fourth-order valence-corrected chi connectivity index (χ4v) is 1.26. The molecule has 0 amide bonds. The van der Waals surface area contributed by atoms with Crippen LogP contribution in [0.2, 0.25) is 0 Å². The Balaban J connectivity index is 2.89. The highest BCUT2D eigenvalue weighted by atomic mass is 15.1. The van der Waals surface area contributed by atoms with Crippen molar-refractivity contribution < 1.29 is 0 Å². The molecule has 0 spiro atoms. The van der Waals surface area contributed by atoms with Gasteiger partial charge in [0.05, 0.1) is 0 Å². The molecule has 0 saturated carbocycles. The van der Waals surface area contributed by atoms with Crippen molar-refractivity contribution in [2.75, 3.05) is 18.5 Å². The summed E-state index contributed by atoms with van der Waals surface area (Å²) in [4.78, 5) is 2.18. The molecule has 0 aliphatic rings. The van der Waals surface area contributed by atoms with E-state index in [1.165, 1.54) is 16.8 Å². The molecule has 0 N–H and O–H groups in total. The van der Waals surface area contributed by atoms with Gasteiger partial charge < -0.3 is 4.90 Å². The number of hydrogen-bond donors (Lipinski definition) is 0. The number of rotatable bonds is 3. The maximum atomic E-state index is 3.72. The highest BCUT2D eigenvalue weighted by molar-refractivity contribution is 5.50. The smallest absolute Gasteiger partial charge is 0.0369 e. The lowest BCUT2D eigenvalue weighted by Gasteiger charge is -2.18. The molecule has 1 rings (SSSR count). The SMILES string of the molecule is C=CCN(C)c1ccc(C)c(C)c1. The van der Waals surface area contributed by atoms with Gasteiger partial charge in [0, 0.05) is 19.3 Å². The second kappa shape index (κ2) is 4.13. The van der Waals surface area contributed by atoms with Gasteiger partial charge in [-0.05, 0) is 37.1 Å². The molecule has 0 aromatic heterocycles. The molecule has 0 bridgehead atoms. The van der Waals surface area contributed by atoms with E-state index >= 15 is 0 Å². The van der Waals surface area contributed by atoms with Crippen molar-refractivity contribution >= 4 is 5.69 Å². The lowest BCUT2D eigenvalue weighted by atomic mass is 10.1. The van der Waals surface area contributed by atoms with Crippen molar-refractivity contribution in [3.8, 4) is 0 Å². The molecular weight excluding hydrogens is 158 g/mol. The molecule has 0 aliphatic carbocycles. The van der Waals surface area contributed by atoms with Gasteiger partial charge in [-0.15, -0.1) is 6.58 Å². The van der Waals surface area contributed by atoms with Crippen LogP contribution in [0, 0.1) is 13.8 Å². The number of anilines is 1. The van der Waals surface area contributed by atoms with Crippen LogP contribution in [0.15, 0.2) is 30.9 Å². The first-order valence-corrected chi connectivity index (χ1v) is 4.54. The van der Waals surface area contributed by atoms with E-state index in [4.69, 9.17) is 0 Å². The lowest BCUT2D eigenvalue weighted by molar-refractivity contribution is 1.03. The third-order valence-corrected chi connectivity index (χ3v) is 2.33. The number of benzene rings is 1. The Kier molecular flexibility index (Phi) is 3.13. The van der Waals surface area contributed by atoms with Gasteiger partial charge in [0.25, 0.3) is 0 Å². The molecule has 1 heteroatoms. The minimum atomic E-state index is 0.891. The highest BCUT2D eigenvalue weighted by Crippen LogP contribution is 2.17. The van der Waals surface area contributed by atoms with Crippen molar-refractivity contribution in [1.82, 2.24) is 0 Å². The minimum Gasteiger partial charge on any atom is -0.371 e. The Morgan fingerprint density at radius 2 is 2.00 bits per heavy atom. The number of likely N-dealkylation sites (N-methyl/N-ethyl adjacent to an activating group) is 1. The Morgan fingerprint density at radius 1 is 1.31 bits per heavy atom. The summed E-state index contributed by atoms with van der Waals surface area (Å²) in [6.45, 7) is 8.89. The van der Waals surface area contributed by atoms with E-state index in [1.54, 1.807) is 0 Å². The van der Waals surface area contributed by atoms with Crippen molar-refractivity contribution in [3.63, 3.8) is 0 Å². The van der Waals surface area contributed by atoms with E-state index in [0.717, 1.165) is 6.54 Å². The fraction of sp³-hybridized carbons (Fsp3) is 0.333. The van der Waals surface area contributed by atoms with Gasteiger partial charge in [-0.3, -0.25) is 0 Å². The first-order chi connectivity index (χ1) is 6.15. The third kappa shape index (κ3) is 2.35. The van der Waals surface area contributed by atoms with E-state index in [2.05, 4.69) is 50.6 Å². The van der Waals surface area contributed by atoms with Gasteiger partial charge in [-0.1, -0.05) is 12.1 Å². The van der Waals surface area contributed by atoms with E-state index < -0.39 is 0 Å². The van der Waals surface area contributed by atoms with Crippen LogP contribution < -0.4 is 4.90 Å². The predicted molar refractivity (Wildman–Crippen MR) is 59.4 cm³/mol. The van der Waals surface area contributed by atoms with Gasteiger partial charge in [0.1, 0.15) is 0 Å². The Labute approximate surface area is 80.7 Å². The van der Waals surface area contributed by atoms with Gasteiger partial charge in [-0.2, -0.15) is 0 Å². The first kappa shape index (κ1) is 9.85. The molecule has 1 nitrogen and oxygen atoms in total. The molecule has 13 heavy (non-hydrogen) atoms. The number of nitrogens with zero attached hydrogens (tertiary/aromatic N) is 1. The molecule has 0 radical (unpaired) electrons. The largest absolute Gasteiger partial charge is 0.371 e. The third-order valence-electron chi connectivity index (χ3n) is 2.33. The quantitative estimate of drug-likeness (QED) is 0.638. The van der Waals surface area contributed by atoms with E-state index in [9.17, 15) is 0 Å². The van der Waals surface area contributed by atoms with Gasteiger partial charge in [0.2, 0.25) is 0 Å². The average Bonchev–Trinajstić information content (AvgIpc) is 2.10. The standard InChI is InChI=1S/C12H17N/c1-5-8-13(4)12-7-6-10(2)11(3)9-12/h5-7,9H,1,8H2,2-4H3. The molecular formula is C12H17N. The number of aryl methyl sites for hydroxylation is 2. The summed E-state index contributed by atoms with van der Waals surface area (Å²) in [5.74, 6) is 0. The van der Waals surface area contributed by atoms with Gasteiger partial charge in [0.15, 0.2) is 0 Å². The van der Waals surface area contributed by atoms with Crippen LogP contribution in [0.3, 0.4) is 0 Å². The van der Waals surface area contributed by atoms with Crippen LogP contribution in [-0.4, -0.2) is 13.6 Å². The molecule has 0 aliphatic heterocycles. The zero-order valence-electron chi connectivity index (χ0n) is 8.67. The molecule has 0 atom stereocenters. The Bertz CT molecular complexity index is 302. The van der Waals surface area contributed by atoms with Crippen molar-refractivity contribution in [2.45, 2.75) is 13.8 Å². The molecule has 0 fully saturated rings. The molecule has 0 unspecified atom stereocenters. The maximum absolute atomic E-state index is 3.72. The average molecular weight is 175 g/mol. The minimum absolute atomic E-state index is 0.891. The molecule has 1 aromatic carbocycles. The zero-order valence-corrected chi connectivity index (χ0v) is 8.67. The van der Waals surface area contributed by atoms with E-state index in [1.807, 2.05) is 6.08 Å². The fourth-order valence-electron chi connectivity index (χ4n) is 1.26. The van der Waals surface area contributed by atoms with Gasteiger partial charge in [-0.25, -0.2) is 0 Å². The summed E-state index contributed by atoms with van der Waals surface area (Å²) in [6.07, 6.45) is 1.91. The highest BCUT2D eigenvalue weighted by Gasteiger charge is 1.99. The van der Waals surface area contributed by atoms with Crippen LogP contribution in [0.1, 0.15) is 11.1 Å². The summed E-state index contributed by atoms with van der Waals surface area (Å²) in [5, 5.41) is 0. The van der Waals surface area contributed by atoms with Crippen molar-refractivity contribution in [1.29, 1.82) is 0 Å². The normalized spacial score (nSPS) is 9.77. The second-order valence-electron chi connectivity index (χ2n) is 3.44. The molecule has 1 aromatic rings. The Morgan fingerprint density at radius 3 is 2.54 bits per heavy atom. The first-order valence-electron chi connectivity index (χ1n) is 4.54. The Hall–Kier alpha value is -1.24. The number of hydrogen-bond acceptors (Lipinski definition) is 1. The topological polar surface area (TPSA) is 3.24 Å². The van der Waals surface area contributed by atoms with Crippen LogP contribution in [0.4, 0.5) is 5.69 Å². The molecule has 70 valence electrons. The van der Waals surface area contributed by atoms with Crippen molar-refractivity contribution in [3.05, 3.63) is 42.0 Å². The second-order valence-corrected chi connectivity index (χ2v) is 3.44. The lowest BCUT2D eigenvalue weighted by Crippen LogP contribution is -2.16.